The summed E-state index contributed by atoms with van der Waals surface area (Å²) in [6.45, 7) is -0.0956. The summed E-state index contributed by atoms with van der Waals surface area (Å²) < 4.78 is 39.2. The summed E-state index contributed by atoms with van der Waals surface area (Å²) in [4.78, 5) is 28.0. The van der Waals surface area contributed by atoms with Gasteiger partial charge in [0.05, 0.1) is 18.1 Å². The molecule has 4 heterocycles. The molecule has 4 aromatic rings. The number of alkyl halides is 3. The first kappa shape index (κ1) is 20.1. The topological polar surface area (TPSA) is 98.5 Å². The van der Waals surface area contributed by atoms with Gasteiger partial charge in [0.15, 0.2) is 0 Å². The van der Waals surface area contributed by atoms with Crippen molar-refractivity contribution in [3.05, 3.63) is 73.3 Å². The predicted octanol–water partition coefficient (Wildman–Crippen LogP) is 3.45. The average molecular weight is 425 g/mol. The molecule has 156 valence electrons. The number of anilines is 1. The third-order valence-corrected chi connectivity index (χ3v) is 4.22. The molecule has 0 aliphatic rings. The van der Waals surface area contributed by atoms with Crippen molar-refractivity contribution in [3.8, 4) is 22.4 Å². The summed E-state index contributed by atoms with van der Waals surface area (Å²) in [5, 5.41) is 6.73. The maximum atomic E-state index is 12.6. The highest BCUT2D eigenvalue weighted by atomic mass is 19.4. The van der Waals surface area contributed by atoms with Crippen LogP contribution >= 0.6 is 0 Å². The van der Waals surface area contributed by atoms with Crippen molar-refractivity contribution in [3.63, 3.8) is 0 Å². The number of carbonyl (C=O) groups excluding carboxylic acids is 1. The van der Waals surface area contributed by atoms with Crippen molar-refractivity contribution in [2.24, 2.45) is 0 Å². The number of rotatable bonds is 5. The monoisotopic (exact) mass is 425 g/mol. The molecule has 0 aliphatic carbocycles. The third kappa shape index (κ3) is 4.89. The van der Waals surface area contributed by atoms with Gasteiger partial charge in [-0.3, -0.25) is 24.4 Å². The van der Waals surface area contributed by atoms with E-state index in [1.54, 1.807) is 43.1 Å². The highest BCUT2D eigenvalue weighted by molar-refractivity contribution is 5.89. The standard InChI is InChI=1S/C20H14F3N7O/c21-20(22,23)17-3-1-13(7-26-17)15-9-28-30(11-15)12-19(31)29-18-4-2-14(8-27-18)16-10-24-5-6-25-16/h1-11H,12H2,(H,27,29,31). The summed E-state index contributed by atoms with van der Waals surface area (Å²) in [5.41, 5.74) is 1.45. The van der Waals surface area contributed by atoms with Crippen molar-refractivity contribution < 1.29 is 18.0 Å². The Kier molecular flexibility index (Phi) is 5.39. The van der Waals surface area contributed by atoms with Crippen LogP contribution in [0.5, 0.6) is 0 Å². The Hall–Kier alpha value is -4.15. The number of aromatic nitrogens is 6. The van der Waals surface area contributed by atoms with E-state index in [0.29, 0.717) is 22.6 Å². The molecule has 1 N–H and O–H groups in total. The Morgan fingerprint density at radius 2 is 1.71 bits per heavy atom. The number of hydrogen-bond acceptors (Lipinski definition) is 6. The van der Waals surface area contributed by atoms with Crippen LogP contribution in [0.3, 0.4) is 0 Å². The Labute approximate surface area is 173 Å². The second kappa shape index (κ2) is 8.30. The van der Waals surface area contributed by atoms with Crippen molar-refractivity contribution in [1.29, 1.82) is 0 Å². The van der Waals surface area contributed by atoms with Crippen LogP contribution in [0.2, 0.25) is 0 Å². The van der Waals surface area contributed by atoms with Gasteiger partial charge in [0.1, 0.15) is 18.1 Å². The van der Waals surface area contributed by atoms with Gasteiger partial charge in [-0.25, -0.2) is 4.98 Å². The van der Waals surface area contributed by atoms with Crippen LogP contribution in [0.1, 0.15) is 5.69 Å². The van der Waals surface area contributed by atoms with Crippen molar-refractivity contribution in [1.82, 2.24) is 29.7 Å². The van der Waals surface area contributed by atoms with Crippen LogP contribution in [0.4, 0.5) is 19.0 Å². The maximum absolute atomic E-state index is 12.6. The van der Waals surface area contributed by atoms with Crippen LogP contribution in [0.25, 0.3) is 22.4 Å². The van der Waals surface area contributed by atoms with Gasteiger partial charge in [-0.1, -0.05) is 6.07 Å². The zero-order valence-corrected chi connectivity index (χ0v) is 15.8. The second-order valence-corrected chi connectivity index (χ2v) is 6.43. The minimum atomic E-state index is -4.50. The highest BCUT2D eigenvalue weighted by Crippen LogP contribution is 2.28. The molecule has 4 rings (SSSR count). The lowest BCUT2D eigenvalue weighted by Gasteiger charge is -2.06. The summed E-state index contributed by atoms with van der Waals surface area (Å²) in [6.07, 6.45) is 5.94. The molecule has 0 spiro atoms. The molecule has 0 unspecified atom stereocenters. The molecule has 1 amide bonds. The number of nitrogens with zero attached hydrogens (tertiary/aromatic N) is 6. The molecule has 8 nitrogen and oxygen atoms in total. The fourth-order valence-corrected chi connectivity index (χ4v) is 2.73. The Morgan fingerprint density at radius 3 is 2.35 bits per heavy atom. The van der Waals surface area contributed by atoms with Crippen LogP contribution in [0, 0.1) is 0 Å². The molecule has 0 aromatic carbocycles. The molecule has 0 saturated heterocycles. The number of amides is 1. The molecule has 4 aromatic heterocycles. The number of pyridine rings is 2. The van der Waals surface area contributed by atoms with Crippen LogP contribution in [-0.2, 0) is 17.5 Å². The summed E-state index contributed by atoms with van der Waals surface area (Å²) in [6, 6.07) is 5.61. The molecular formula is C20H14F3N7O. The van der Waals surface area contributed by atoms with Crippen LogP contribution < -0.4 is 5.32 Å². The van der Waals surface area contributed by atoms with E-state index in [4.69, 9.17) is 0 Å². The largest absolute Gasteiger partial charge is 0.433 e. The molecule has 11 heteroatoms. The minimum absolute atomic E-state index is 0.0956. The smallest absolute Gasteiger partial charge is 0.309 e. The number of nitrogens with one attached hydrogen (secondary N) is 1. The lowest BCUT2D eigenvalue weighted by Crippen LogP contribution is -2.19. The van der Waals surface area contributed by atoms with E-state index in [1.807, 2.05) is 0 Å². The summed E-state index contributed by atoms with van der Waals surface area (Å²) >= 11 is 0. The Morgan fingerprint density at radius 1 is 0.903 bits per heavy atom. The Bertz CT molecular complexity index is 1170. The van der Waals surface area contributed by atoms with E-state index in [2.05, 4.69) is 30.4 Å². The molecular weight excluding hydrogens is 411 g/mol. The molecule has 0 fully saturated rings. The lowest BCUT2D eigenvalue weighted by molar-refractivity contribution is -0.141. The molecule has 0 saturated carbocycles. The molecule has 0 aliphatic heterocycles. The zero-order chi connectivity index (χ0) is 21.8. The van der Waals surface area contributed by atoms with Gasteiger partial charge in [0.2, 0.25) is 5.91 Å². The van der Waals surface area contributed by atoms with Gasteiger partial charge in [0, 0.05) is 47.7 Å². The van der Waals surface area contributed by atoms with Gasteiger partial charge >= 0.3 is 6.18 Å². The maximum Gasteiger partial charge on any atom is 0.433 e. The van der Waals surface area contributed by atoms with Crippen molar-refractivity contribution >= 4 is 11.7 Å². The fourth-order valence-electron chi connectivity index (χ4n) is 2.73. The normalized spacial score (nSPS) is 11.3. The minimum Gasteiger partial charge on any atom is -0.309 e. The van der Waals surface area contributed by atoms with E-state index in [0.717, 1.165) is 17.8 Å². The van der Waals surface area contributed by atoms with Crippen LogP contribution in [-0.4, -0.2) is 35.6 Å². The highest BCUT2D eigenvalue weighted by Gasteiger charge is 2.32. The summed E-state index contributed by atoms with van der Waals surface area (Å²) in [7, 11) is 0. The average Bonchev–Trinajstić information content (AvgIpc) is 3.23. The molecule has 0 radical (unpaired) electrons. The van der Waals surface area contributed by atoms with Gasteiger partial charge in [-0.2, -0.15) is 18.3 Å². The van der Waals surface area contributed by atoms with E-state index < -0.39 is 11.9 Å². The summed E-state index contributed by atoms with van der Waals surface area (Å²) in [5.74, 6) is -0.00286. The first-order chi connectivity index (χ1) is 14.9. The third-order valence-electron chi connectivity index (χ3n) is 4.22. The quantitative estimate of drug-likeness (QED) is 0.526. The van der Waals surface area contributed by atoms with E-state index in [9.17, 15) is 18.0 Å². The lowest BCUT2D eigenvalue weighted by atomic mass is 10.1. The molecule has 0 atom stereocenters. The number of carbonyl (C=O) groups is 1. The zero-order valence-electron chi connectivity index (χ0n) is 15.8. The van der Waals surface area contributed by atoms with E-state index in [1.165, 1.54) is 16.9 Å². The van der Waals surface area contributed by atoms with E-state index >= 15 is 0 Å². The van der Waals surface area contributed by atoms with Gasteiger partial charge < -0.3 is 5.32 Å². The molecule has 31 heavy (non-hydrogen) atoms. The fraction of sp³-hybridized carbons (Fsp3) is 0.100. The molecule has 0 bridgehead atoms. The van der Waals surface area contributed by atoms with Crippen molar-refractivity contribution in [2.45, 2.75) is 12.7 Å². The van der Waals surface area contributed by atoms with Gasteiger partial charge in [-0.05, 0) is 18.2 Å². The number of halogens is 3. The van der Waals surface area contributed by atoms with Crippen LogP contribution in [0.15, 0.2) is 67.6 Å². The second-order valence-electron chi connectivity index (χ2n) is 6.43. The van der Waals surface area contributed by atoms with Crippen molar-refractivity contribution in [2.75, 3.05) is 5.32 Å². The van der Waals surface area contributed by atoms with Gasteiger partial charge in [0.25, 0.3) is 0 Å². The van der Waals surface area contributed by atoms with E-state index in [-0.39, 0.29) is 12.5 Å². The number of hydrogen-bond donors (Lipinski definition) is 1. The first-order valence-electron chi connectivity index (χ1n) is 8.97. The predicted molar refractivity (Wildman–Crippen MR) is 104 cm³/mol. The van der Waals surface area contributed by atoms with Gasteiger partial charge in [-0.15, -0.1) is 0 Å². The first-order valence-corrected chi connectivity index (χ1v) is 8.97. The Balaban J connectivity index is 1.38. The SMILES string of the molecule is O=C(Cn1cc(-c2ccc(C(F)(F)F)nc2)cn1)Nc1ccc(-c2cnccn2)cn1.